The van der Waals surface area contributed by atoms with E-state index < -0.39 is 0 Å². The number of hydrogen-bond acceptors (Lipinski definition) is 2. The first-order valence-corrected chi connectivity index (χ1v) is 9.62. The monoisotopic (exact) mass is 296 g/mol. The van der Waals surface area contributed by atoms with Crippen molar-refractivity contribution in [1.29, 1.82) is 0 Å². The molecular weight excluding hydrogens is 256 g/mol. The van der Waals surface area contributed by atoms with Crippen LogP contribution in [0.15, 0.2) is 0 Å². The van der Waals surface area contributed by atoms with Crippen LogP contribution in [0.2, 0.25) is 0 Å². The van der Waals surface area contributed by atoms with Gasteiger partial charge in [0.15, 0.2) is 0 Å². The quantitative estimate of drug-likeness (QED) is 0.581. The first-order chi connectivity index (χ1) is 10.1. The van der Waals surface area contributed by atoms with Gasteiger partial charge in [-0.25, -0.2) is 0 Å². The van der Waals surface area contributed by atoms with Crippen LogP contribution in [0, 0.1) is 5.92 Å². The van der Waals surface area contributed by atoms with Crippen molar-refractivity contribution in [3.63, 3.8) is 0 Å². The molecule has 0 bridgehead atoms. The molecular formula is C19H40N2. The van der Waals surface area contributed by atoms with Crippen molar-refractivity contribution in [3.05, 3.63) is 0 Å². The van der Waals surface area contributed by atoms with Crippen LogP contribution in [0.5, 0.6) is 0 Å². The van der Waals surface area contributed by atoms with Gasteiger partial charge < -0.3 is 5.32 Å². The number of hydrogen-bond donors (Lipinski definition) is 1. The largest absolute Gasteiger partial charge is 0.312 e. The molecule has 2 unspecified atom stereocenters. The van der Waals surface area contributed by atoms with E-state index in [1.807, 2.05) is 0 Å². The van der Waals surface area contributed by atoms with Crippen LogP contribution in [0.4, 0.5) is 0 Å². The summed E-state index contributed by atoms with van der Waals surface area (Å²) in [5, 5.41) is 3.73. The minimum Gasteiger partial charge on any atom is -0.312 e. The fourth-order valence-electron chi connectivity index (χ4n) is 3.36. The Morgan fingerprint density at radius 2 is 1.62 bits per heavy atom. The molecule has 0 aromatic carbocycles. The summed E-state index contributed by atoms with van der Waals surface area (Å²) < 4.78 is 0. The van der Waals surface area contributed by atoms with E-state index in [2.05, 4.69) is 37.9 Å². The Morgan fingerprint density at radius 3 is 2.24 bits per heavy atom. The molecule has 1 aliphatic rings. The van der Waals surface area contributed by atoms with Gasteiger partial charge in [0, 0.05) is 18.6 Å². The van der Waals surface area contributed by atoms with Crippen LogP contribution in [-0.4, -0.2) is 36.6 Å². The predicted octanol–water partition coefficient (Wildman–Crippen LogP) is 4.84. The normalized spacial score (nSPS) is 24.4. The average molecular weight is 297 g/mol. The second-order valence-corrected chi connectivity index (χ2v) is 7.41. The molecule has 1 aliphatic heterocycles. The molecule has 0 saturated carbocycles. The van der Waals surface area contributed by atoms with Crippen molar-refractivity contribution in [2.45, 2.75) is 97.6 Å². The highest BCUT2D eigenvalue weighted by atomic mass is 15.2. The predicted molar refractivity (Wildman–Crippen MR) is 94.9 cm³/mol. The molecule has 21 heavy (non-hydrogen) atoms. The Balaban J connectivity index is 2.13. The molecule has 126 valence electrons. The molecule has 2 nitrogen and oxygen atoms in total. The summed E-state index contributed by atoms with van der Waals surface area (Å²) in [6.07, 6.45) is 12.7. The number of nitrogens with one attached hydrogen (secondary N) is 1. The maximum Gasteiger partial charge on any atom is 0.0218 e. The third-order valence-electron chi connectivity index (χ3n) is 5.13. The Labute approximate surface area is 134 Å². The van der Waals surface area contributed by atoms with E-state index in [1.54, 1.807) is 0 Å². The second kappa shape index (κ2) is 11.5. The molecule has 2 atom stereocenters. The van der Waals surface area contributed by atoms with Gasteiger partial charge in [-0.15, -0.1) is 0 Å². The summed E-state index contributed by atoms with van der Waals surface area (Å²) in [4.78, 5) is 2.74. The van der Waals surface area contributed by atoms with E-state index in [-0.39, 0.29) is 0 Å². The minimum absolute atomic E-state index is 0.684. The van der Waals surface area contributed by atoms with Crippen LogP contribution in [0.1, 0.15) is 85.5 Å². The molecule has 0 aromatic heterocycles. The third kappa shape index (κ3) is 8.21. The molecule has 0 aromatic rings. The first kappa shape index (κ1) is 19.0. The van der Waals surface area contributed by atoms with E-state index in [1.165, 1.54) is 77.4 Å². The lowest BCUT2D eigenvalue weighted by atomic mass is 10.0. The van der Waals surface area contributed by atoms with Gasteiger partial charge >= 0.3 is 0 Å². The van der Waals surface area contributed by atoms with Gasteiger partial charge in [-0.2, -0.15) is 0 Å². The Morgan fingerprint density at radius 1 is 1.00 bits per heavy atom. The highest BCUT2D eigenvalue weighted by Gasteiger charge is 2.23. The van der Waals surface area contributed by atoms with Gasteiger partial charge in [0.05, 0.1) is 0 Å². The zero-order valence-electron chi connectivity index (χ0n) is 15.2. The van der Waals surface area contributed by atoms with E-state index in [4.69, 9.17) is 0 Å². The molecule has 1 N–H and O–H groups in total. The lowest BCUT2D eigenvalue weighted by Gasteiger charge is -2.30. The summed E-state index contributed by atoms with van der Waals surface area (Å²) in [5.74, 6) is 0.747. The molecule has 0 amide bonds. The molecule has 1 rings (SSSR count). The van der Waals surface area contributed by atoms with Gasteiger partial charge in [0.1, 0.15) is 0 Å². The van der Waals surface area contributed by atoms with Crippen molar-refractivity contribution in [2.75, 3.05) is 19.6 Å². The van der Waals surface area contributed by atoms with Crippen LogP contribution in [0.3, 0.4) is 0 Å². The zero-order chi connectivity index (χ0) is 15.5. The fraction of sp³-hybridized carbons (Fsp3) is 1.00. The molecule has 1 fully saturated rings. The third-order valence-corrected chi connectivity index (χ3v) is 5.13. The van der Waals surface area contributed by atoms with Gasteiger partial charge in [-0.1, -0.05) is 65.7 Å². The van der Waals surface area contributed by atoms with E-state index in [0.29, 0.717) is 6.04 Å². The Kier molecular flexibility index (Phi) is 10.4. The first-order valence-electron chi connectivity index (χ1n) is 9.62. The molecule has 0 aliphatic carbocycles. The van der Waals surface area contributed by atoms with Crippen molar-refractivity contribution in [3.8, 4) is 0 Å². The maximum absolute atomic E-state index is 3.73. The number of rotatable bonds is 10. The highest BCUT2D eigenvalue weighted by molar-refractivity contribution is 4.82. The average Bonchev–Trinajstić information content (AvgIpc) is 2.64. The standard InChI is InChI=1S/C19H40N2/c1-5-6-7-8-9-10-11-12-15-21-16-19(17(2)3)20-14-13-18(21)4/h17-20H,5-16H2,1-4H3. The van der Waals surface area contributed by atoms with Gasteiger partial charge in [-0.05, 0) is 38.8 Å². The van der Waals surface area contributed by atoms with Gasteiger partial charge in [0.25, 0.3) is 0 Å². The highest BCUT2D eigenvalue weighted by Crippen LogP contribution is 2.15. The number of unbranched alkanes of at least 4 members (excludes halogenated alkanes) is 7. The van der Waals surface area contributed by atoms with E-state index >= 15 is 0 Å². The smallest absolute Gasteiger partial charge is 0.0218 e. The lowest BCUT2D eigenvalue weighted by Crippen LogP contribution is -2.43. The van der Waals surface area contributed by atoms with Crippen LogP contribution in [-0.2, 0) is 0 Å². The van der Waals surface area contributed by atoms with Crippen LogP contribution < -0.4 is 5.32 Å². The summed E-state index contributed by atoms with van der Waals surface area (Å²) in [5.41, 5.74) is 0. The zero-order valence-corrected chi connectivity index (χ0v) is 15.2. The molecule has 0 radical (unpaired) electrons. The van der Waals surface area contributed by atoms with Gasteiger partial charge in [-0.3, -0.25) is 4.90 Å². The number of nitrogens with zero attached hydrogens (tertiary/aromatic N) is 1. The SMILES string of the molecule is CCCCCCCCCCN1CC(C(C)C)NCCC1C. The lowest BCUT2D eigenvalue weighted by molar-refractivity contribution is 0.188. The topological polar surface area (TPSA) is 15.3 Å². The summed E-state index contributed by atoms with van der Waals surface area (Å²) >= 11 is 0. The summed E-state index contributed by atoms with van der Waals surface area (Å²) in [7, 11) is 0. The van der Waals surface area contributed by atoms with Gasteiger partial charge in [0.2, 0.25) is 0 Å². The summed E-state index contributed by atoms with van der Waals surface area (Å²) in [6.45, 7) is 13.1. The van der Waals surface area contributed by atoms with Crippen molar-refractivity contribution < 1.29 is 0 Å². The Hall–Kier alpha value is -0.0800. The fourth-order valence-corrected chi connectivity index (χ4v) is 3.36. The van der Waals surface area contributed by atoms with Crippen LogP contribution >= 0.6 is 0 Å². The second-order valence-electron chi connectivity index (χ2n) is 7.41. The van der Waals surface area contributed by atoms with Crippen molar-refractivity contribution in [2.24, 2.45) is 5.92 Å². The van der Waals surface area contributed by atoms with E-state index in [0.717, 1.165) is 12.0 Å². The van der Waals surface area contributed by atoms with Crippen molar-refractivity contribution >= 4 is 0 Å². The summed E-state index contributed by atoms with van der Waals surface area (Å²) in [6, 6.07) is 1.44. The van der Waals surface area contributed by atoms with Crippen LogP contribution in [0.25, 0.3) is 0 Å². The van der Waals surface area contributed by atoms with Crippen molar-refractivity contribution in [1.82, 2.24) is 10.2 Å². The molecule has 1 saturated heterocycles. The minimum atomic E-state index is 0.684. The molecule has 0 spiro atoms. The Bertz CT molecular complexity index is 240. The molecule has 2 heteroatoms. The van der Waals surface area contributed by atoms with E-state index in [9.17, 15) is 0 Å². The molecule has 1 heterocycles. The maximum atomic E-state index is 3.73.